The van der Waals surface area contributed by atoms with Gasteiger partial charge in [-0.15, -0.1) is 0 Å². The summed E-state index contributed by atoms with van der Waals surface area (Å²) in [5.74, 6) is 0. The van der Waals surface area contributed by atoms with Crippen LogP contribution in [0, 0.1) is 0 Å². The number of hydrogen-bond donors (Lipinski definition) is 2. The molecular formula is C11H22N4O2S. The first-order valence-electron chi connectivity index (χ1n) is 5.94. The number of likely N-dealkylation sites (N-methyl/N-ethyl adjacent to an activating group) is 1. The Morgan fingerprint density at radius 1 is 1.44 bits per heavy atom. The molecule has 1 aromatic rings. The van der Waals surface area contributed by atoms with Crippen LogP contribution in [0.5, 0.6) is 0 Å². The van der Waals surface area contributed by atoms with Crippen molar-refractivity contribution in [2.24, 2.45) is 5.73 Å². The molecule has 0 aliphatic carbocycles. The van der Waals surface area contributed by atoms with Gasteiger partial charge >= 0.3 is 0 Å². The first-order valence-corrected chi connectivity index (χ1v) is 7.42. The van der Waals surface area contributed by atoms with Gasteiger partial charge in [0.2, 0.25) is 10.0 Å². The largest absolute Gasteiger partial charge is 0.349 e. The van der Waals surface area contributed by atoms with E-state index in [1.807, 2.05) is 30.5 Å². The highest BCUT2D eigenvalue weighted by atomic mass is 32.2. The monoisotopic (exact) mass is 274 g/mol. The molecule has 1 rings (SSSR count). The van der Waals surface area contributed by atoms with Crippen molar-refractivity contribution in [1.29, 1.82) is 0 Å². The summed E-state index contributed by atoms with van der Waals surface area (Å²) < 4.78 is 28.5. The summed E-state index contributed by atoms with van der Waals surface area (Å²) in [6, 6.07) is 1.63. The first-order chi connectivity index (χ1) is 8.40. The van der Waals surface area contributed by atoms with Crippen LogP contribution in [0.4, 0.5) is 0 Å². The fraction of sp³-hybridized carbons (Fsp3) is 0.636. The molecule has 1 aromatic heterocycles. The van der Waals surface area contributed by atoms with Crippen molar-refractivity contribution in [2.45, 2.75) is 24.9 Å². The van der Waals surface area contributed by atoms with Gasteiger partial charge in [0.25, 0.3) is 0 Å². The molecule has 0 amide bonds. The Morgan fingerprint density at radius 2 is 2.11 bits per heavy atom. The summed E-state index contributed by atoms with van der Waals surface area (Å²) in [4.78, 5) is 2.20. The minimum Gasteiger partial charge on any atom is -0.349 e. The molecule has 7 heteroatoms. The summed E-state index contributed by atoms with van der Waals surface area (Å²) in [6.45, 7) is 4.05. The van der Waals surface area contributed by atoms with Gasteiger partial charge in [0, 0.05) is 38.1 Å². The average Bonchev–Trinajstić information content (AvgIpc) is 2.71. The number of aryl methyl sites for hydroxylation is 1. The van der Waals surface area contributed by atoms with Gasteiger partial charge in [0.15, 0.2) is 0 Å². The lowest BCUT2D eigenvalue weighted by Gasteiger charge is -2.10. The van der Waals surface area contributed by atoms with E-state index in [0.717, 1.165) is 5.69 Å². The zero-order chi connectivity index (χ0) is 13.8. The summed E-state index contributed by atoms with van der Waals surface area (Å²) in [5.41, 5.74) is 6.40. The lowest BCUT2D eigenvalue weighted by molar-refractivity contribution is 0.412. The normalized spacial score (nSPS) is 12.3. The molecule has 0 aromatic carbocycles. The predicted octanol–water partition coefficient (Wildman–Crippen LogP) is -0.193. The third-order valence-corrected chi connectivity index (χ3v) is 4.10. The summed E-state index contributed by atoms with van der Waals surface area (Å²) >= 11 is 0. The minimum atomic E-state index is -3.43. The fourth-order valence-electron chi connectivity index (χ4n) is 1.63. The molecule has 0 aliphatic rings. The Balaban J connectivity index is 2.81. The van der Waals surface area contributed by atoms with Gasteiger partial charge in [-0.3, -0.25) is 0 Å². The quantitative estimate of drug-likeness (QED) is 0.722. The molecule has 104 valence electrons. The Morgan fingerprint density at radius 3 is 2.56 bits per heavy atom. The molecule has 0 aliphatic heterocycles. The van der Waals surface area contributed by atoms with E-state index in [2.05, 4.69) is 4.72 Å². The zero-order valence-corrected chi connectivity index (χ0v) is 12.0. The van der Waals surface area contributed by atoms with Gasteiger partial charge in [0.1, 0.15) is 0 Å². The van der Waals surface area contributed by atoms with Crippen LogP contribution in [-0.2, 0) is 23.1 Å². The van der Waals surface area contributed by atoms with Crippen molar-refractivity contribution >= 4 is 10.0 Å². The van der Waals surface area contributed by atoms with Crippen molar-refractivity contribution in [3.05, 3.63) is 18.0 Å². The topological polar surface area (TPSA) is 80.4 Å². The number of aromatic nitrogens is 1. The van der Waals surface area contributed by atoms with Crippen LogP contribution >= 0.6 is 0 Å². The third-order valence-electron chi connectivity index (χ3n) is 2.67. The highest BCUT2D eigenvalue weighted by Crippen LogP contribution is 2.13. The number of sulfonamides is 1. The van der Waals surface area contributed by atoms with Crippen LogP contribution in [0.2, 0.25) is 0 Å². The molecule has 1 heterocycles. The number of hydrogen-bond acceptors (Lipinski definition) is 4. The van der Waals surface area contributed by atoms with Crippen molar-refractivity contribution in [3.8, 4) is 0 Å². The first kappa shape index (κ1) is 15.2. The average molecular weight is 274 g/mol. The van der Waals surface area contributed by atoms with E-state index in [9.17, 15) is 8.42 Å². The van der Waals surface area contributed by atoms with Crippen molar-refractivity contribution in [1.82, 2.24) is 14.2 Å². The molecular weight excluding hydrogens is 252 g/mol. The van der Waals surface area contributed by atoms with Crippen LogP contribution in [0.3, 0.4) is 0 Å². The summed E-state index contributed by atoms with van der Waals surface area (Å²) in [7, 11) is 0.364. The van der Waals surface area contributed by atoms with Gasteiger partial charge in [-0.25, -0.2) is 13.1 Å². The molecule has 0 unspecified atom stereocenters. The maximum Gasteiger partial charge on any atom is 0.242 e. The smallest absolute Gasteiger partial charge is 0.242 e. The van der Waals surface area contributed by atoms with E-state index in [-0.39, 0.29) is 4.90 Å². The molecule has 0 bridgehead atoms. The van der Waals surface area contributed by atoms with E-state index in [1.165, 1.54) is 0 Å². The predicted molar refractivity (Wildman–Crippen MR) is 71.7 cm³/mol. The standard InChI is InChI=1S/C11H22N4O2S/c1-4-15-9-11(7-10(15)8-12)18(16,17)13-5-6-14(2)3/h7,9,13H,4-6,8,12H2,1-3H3. The molecule has 0 saturated carbocycles. The second-order valence-corrected chi connectivity index (χ2v) is 6.13. The molecule has 3 N–H and O–H groups in total. The van der Waals surface area contributed by atoms with E-state index in [0.29, 0.717) is 26.2 Å². The van der Waals surface area contributed by atoms with Crippen molar-refractivity contribution < 1.29 is 8.42 Å². The number of nitrogens with zero attached hydrogens (tertiary/aromatic N) is 2. The number of rotatable bonds is 7. The van der Waals surface area contributed by atoms with Crippen LogP contribution in [0.1, 0.15) is 12.6 Å². The lowest BCUT2D eigenvalue weighted by Crippen LogP contribution is -2.31. The maximum absolute atomic E-state index is 12.0. The summed E-state index contributed by atoms with van der Waals surface area (Å²) in [6.07, 6.45) is 1.63. The van der Waals surface area contributed by atoms with Crippen LogP contribution in [-0.4, -0.2) is 45.1 Å². The number of nitrogens with one attached hydrogen (secondary N) is 1. The van der Waals surface area contributed by atoms with Gasteiger partial charge in [-0.1, -0.05) is 0 Å². The van der Waals surface area contributed by atoms with Gasteiger partial charge < -0.3 is 15.2 Å². The SMILES string of the molecule is CCn1cc(S(=O)(=O)NCCN(C)C)cc1CN. The molecule has 0 fully saturated rings. The molecule has 18 heavy (non-hydrogen) atoms. The van der Waals surface area contributed by atoms with E-state index < -0.39 is 10.0 Å². The highest BCUT2D eigenvalue weighted by Gasteiger charge is 2.17. The van der Waals surface area contributed by atoms with Crippen LogP contribution in [0.15, 0.2) is 17.2 Å². The number of nitrogens with two attached hydrogens (primary N) is 1. The molecule has 0 spiro atoms. The van der Waals surface area contributed by atoms with Crippen molar-refractivity contribution in [2.75, 3.05) is 27.2 Å². The molecule has 6 nitrogen and oxygen atoms in total. The second-order valence-electron chi connectivity index (χ2n) is 4.36. The van der Waals surface area contributed by atoms with E-state index >= 15 is 0 Å². The van der Waals surface area contributed by atoms with Crippen molar-refractivity contribution in [3.63, 3.8) is 0 Å². The molecule has 0 saturated heterocycles. The van der Waals surface area contributed by atoms with Gasteiger partial charge in [-0.2, -0.15) is 0 Å². The molecule has 0 atom stereocenters. The molecule has 0 radical (unpaired) electrons. The maximum atomic E-state index is 12.0. The van der Waals surface area contributed by atoms with Crippen LogP contribution in [0.25, 0.3) is 0 Å². The second kappa shape index (κ2) is 6.33. The Kier molecular flexibility index (Phi) is 5.33. The zero-order valence-electron chi connectivity index (χ0n) is 11.2. The highest BCUT2D eigenvalue weighted by molar-refractivity contribution is 7.89. The minimum absolute atomic E-state index is 0.281. The van der Waals surface area contributed by atoms with E-state index in [1.54, 1.807) is 12.3 Å². The fourth-order valence-corrected chi connectivity index (χ4v) is 2.71. The Hall–Kier alpha value is -0.890. The van der Waals surface area contributed by atoms with Gasteiger partial charge in [0.05, 0.1) is 4.90 Å². The Bertz CT molecular complexity index is 458. The Labute approximate surface area is 109 Å². The lowest BCUT2D eigenvalue weighted by atomic mass is 10.4. The van der Waals surface area contributed by atoms with Crippen LogP contribution < -0.4 is 10.5 Å². The summed E-state index contributed by atoms with van der Waals surface area (Å²) in [5, 5.41) is 0. The van der Waals surface area contributed by atoms with E-state index in [4.69, 9.17) is 5.73 Å². The third kappa shape index (κ3) is 3.81. The van der Waals surface area contributed by atoms with Gasteiger partial charge in [-0.05, 0) is 27.1 Å².